The van der Waals surface area contributed by atoms with Gasteiger partial charge < -0.3 is 10.3 Å². The Morgan fingerprint density at radius 1 is 1.10 bits per heavy atom. The van der Waals surface area contributed by atoms with Gasteiger partial charge in [0.1, 0.15) is 0 Å². The third-order valence-electron chi connectivity index (χ3n) is 5.70. The average molecular weight is 386 g/mol. The molecule has 2 aromatic carbocycles. The van der Waals surface area contributed by atoms with Gasteiger partial charge in [-0.3, -0.25) is 9.48 Å². The summed E-state index contributed by atoms with van der Waals surface area (Å²) >= 11 is 0. The summed E-state index contributed by atoms with van der Waals surface area (Å²) < 4.78 is 1.83. The van der Waals surface area contributed by atoms with Gasteiger partial charge in [-0.2, -0.15) is 5.10 Å². The Morgan fingerprint density at radius 3 is 2.55 bits per heavy atom. The second kappa shape index (κ2) is 7.95. The molecule has 0 bridgehead atoms. The van der Waals surface area contributed by atoms with E-state index >= 15 is 0 Å². The first-order valence-corrected chi connectivity index (χ1v) is 9.91. The number of carbonyl (C=O) groups is 1. The number of H-pyrrole nitrogens is 1. The largest absolute Gasteiger partial charge is 0.361 e. The van der Waals surface area contributed by atoms with E-state index in [1.165, 1.54) is 16.5 Å². The first-order chi connectivity index (χ1) is 14.0. The molecule has 148 valence electrons. The molecular formula is C24H26N4O. The number of hydrogen-bond donors (Lipinski definition) is 2. The number of aryl methyl sites for hydroxylation is 2. The molecule has 29 heavy (non-hydrogen) atoms. The summed E-state index contributed by atoms with van der Waals surface area (Å²) in [5, 5.41) is 8.76. The van der Waals surface area contributed by atoms with Crippen LogP contribution < -0.4 is 5.32 Å². The molecule has 1 atom stereocenters. The molecule has 1 unspecified atom stereocenters. The lowest BCUT2D eigenvalue weighted by Crippen LogP contribution is -2.30. The second-order valence-corrected chi connectivity index (χ2v) is 7.51. The van der Waals surface area contributed by atoms with Crippen molar-refractivity contribution in [1.82, 2.24) is 20.1 Å². The summed E-state index contributed by atoms with van der Waals surface area (Å²) in [6, 6.07) is 18.6. The number of amides is 1. The Bertz CT molecular complexity index is 1140. The predicted molar refractivity (Wildman–Crippen MR) is 116 cm³/mol. The minimum absolute atomic E-state index is 0.0185. The Hall–Kier alpha value is -3.34. The number of aromatic amines is 1. The SMILES string of the molecule is Cc1nn(C)c(C)c1CC(=O)NCC(c1ccccc1)c1c[nH]c2ccccc12. The smallest absolute Gasteiger partial charge is 0.224 e. The zero-order valence-corrected chi connectivity index (χ0v) is 17.1. The van der Waals surface area contributed by atoms with E-state index in [0.29, 0.717) is 13.0 Å². The molecule has 4 aromatic rings. The summed E-state index contributed by atoms with van der Waals surface area (Å²) in [6.45, 7) is 4.50. The van der Waals surface area contributed by atoms with Crippen molar-refractivity contribution in [3.05, 3.63) is 88.9 Å². The van der Waals surface area contributed by atoms with Crippen LogP contribution in [0.2, 0.25) is 0 Å². The molecule has 0 saturated heterocycles. The number of carbonyl (C=O) groups excluding carboxylic acids is 1. The molecule has 0 aliphatic rings. The van der Waals surface area contributed by atoms with Gasteiger partial charge in [0.15, 0.2) is 0 Å². The fraction of sp³-hybridized carbons (Fsp3) is 0.250. The zero-order chi connectivity index (χ0) is 20.4. The van der Waals surface area contributed by atoms with Gasteiger partial charge >= 0.3 is 0 Å². The van der Waals surface area contributed by atoms with E-state index in [1.807, 2.05) is 55.9 Å². The van der Waals surface area contributed by atoms with Crippen LogP contribution >= 0.6 is 0 Å². The van der Waals surface area contributed by atoms with Gasteiger partial charge in [0.05, 0.1) is 12.1 Å². The van der Waals surface area contributed by atoms with Crippen molar-refractivity contribution in [2.75, 3.05) is 6.54 Å². The van der Waals surface area contributed by atoms with Crippen molar-refractivity contribution in [3.63, 3.8) is 0 Å². The zero-order valence-electron chi connectivity index (χ0n) is 17.1. The number of hydrogen-bond acceptors (Lipinski definition) is 2. The highest BCUT2D eigenvalue weighted by Gasteiger charge is 2.20. The highest BCUT2D eigenvalue weighted by atomic mass is 16.1. The minimum atomic E-state index is 0.0185. The molecule has 1 amide bonds. The highest BCUT2D eigenvalue weighted by molar-refractivity contribution is 5.84. The average Bonchev–Trinajstić information content (AvgIpc) is 3.25. The van der Waals surface area contributed by atoms with Crippen molar-refractivity contribution < 1.29 is 4.79 Å². The third kappa shape index (κ3) is 3.81. The van der Waals surface area contributed by atoms with E-state index in [-0.39, 0.29) is 11.8 Å². The van der Waals surface area contributed by atoms with E-state index in [2.05, 4.69) is 45.9 Å². The van der Waals surface area contributed by atoms with E-state index in [1.54, 1.807) is 0 Å². The molecule has 0 fully saturated rings. The lowest BCUT2D eigenvalue weighted by Gasteiger charge is -2.18. The lowest BCUT2D eigenvalue weighted by molar-refractivity contribution is -0.120. The van der Waals surface area contributed by atoms with Crippen molar-refractivity contribution in [1.29, 1.82) is 0 Å². The molecule has 0 aliphatic heterocycles. The van der Waals surface area contributed by atoms with E-state index in [9.17, 15) is 4.79 Å². The van der Waals surface area contributed by atoms with E-state index in [4.69, 9.17) is 0 Å². The standard InChI is InChI=1S/C24H26N4O/c1-16-20(17(2)28(3)27-16)13-24(29)26-14-21(18-9-5-4-6-10-18)22-15-25-23-12-8-7-11-19(22)23/h4-12,15,21,25H,13-14H2,1-3H3,(H,26,29). The number of para-hydroxylation sites is 1. The molecular weight excluding hydrogens is 360 g/mol. The van der Waals surface area contributed by atoms with Crippen molar-refractivity contribution in [3.8, 4) is 0 Å². The van der Waals surface area contributed by atoms with Gasteiger partial charge in [-0.25, -0.2) is 0 Å². The molecule has 5 heteroatoms. The number of nitrogens with one attached hydrogen (secondary N) is 2. The molecule has 0 spiro atoms. The Kier molecular flexibility index (Phi) is 5.21. The first kappa shape index (κ1) is 19.0. The van der Waals surface area contributed by atoms with Gasteiger partial charge in [0, 0.05) is 47.9 Å². The normalized spacial score (nSPS) is 12.2. The number of aromatic nitrogens is 3. The number of benzene rings is 2. The van der Waals surface area contributed by atoms with Gasteiger partial charge in [-0.1, -0.05) is 48.5 Å². The van der Waals surface area contributed by atoms with Crippen LogP contribution in [0.4, 0.5) is 0 Å². The maximum atomic E-state index is 12.7. The van der Waals surface area contributed by atoms with Crippen LogP contribution in [0.15, 0.2) is 60.8 Å². The quantitative estimate of drug-likeness (QED) is 0.526. The van der Waals surface area contributed by atoms with Gasteiger partial charge in [0.25, 0.3) is 0 Å². The summed E-state index contributed by atoms with van der Waals surface area (Å²) in [6.07, 6.45) is 2.41. The van der Waals surface area contributed by atoms with Crippen molar-refractivity contribution in [2.24, 2.45) is 7.05 Å². The van der Waals surface area contributed by atoms with Gasteiger partial charge in [0.2, 0.25) is 5.91 Å². The summed E-state index contributed by atoms with van der Waals surface area (Å²) in [4.78, 5) is 16.1. The highest BCUT2D eigenvalue weighted by Crippen LogP contribution is 2.30. The second-order valence-electron chi connectivity index (χ2n) is 7.51. The number of fused-ring (bicyclic) bond motifs is 1. The summed E-state index contributed by atoms with van der Waals surface area (Å²) in [7, 11) is 1.91. The van der Waals surface area contributed by atoms with E-state index < -0.39 is 0 Å². The molecule has 0 aliphatic carbocycles. The minimum Gasteiger partial charge on any atom is -0.361 e. The maximum Gasteiger partial charge on any atom is 0.224 e. The topological polar surface area (TPSA) is 62.7 Å². The first-order valence-electron chi connectivity index (χ1n) is 9.91. The third-order valence-corrected chi connectivity index (χ3v) is 5.70. The van der Waals surface area contributed by atoms with Crippen LogP contribution in [-0.4, -0.2) is 27.2 Å². The molecule has 2 heterocycles. The molecule has 0 saturated carbocycles. The van der Waals surface area contributed by atoms with Crippen molar-refractivity contribution >= 4 is 16.8 Å². The molecule has 2 N–H and O–H groups in total. The van der Waals surface area contributed by atoms with Crippen molar-refractivity contribution in [2.45, 2.75) is 26.2 Å². The van der Waals surface area contributed by atoms with Crippen LogP contribution in [0.25, 0.3) is 10.9 Å². The molecule has 5 nitrogen and oxygen atoms in total. The maximum absolute atomic E-state index is 12.7. The fourth-order valence-corrected chi connectivity index (χ4v) is 3.99. The molecule has 4 rings (SSSR count). The van der Waals surface area contributed by atoms with Crippen LogP contribution in [0.3, 0.4) is 0 Å². The predicted octanol–water partition coefficient (Wildman–Crippen LogP) is 4.01. The van der Waals surface area contributed by atoms with E-state index in [0.717, 1.165) is 22.5 Å². The monoisotopic (exact) mass is 386 g/mol. The summed E-state index contributed by atoms with van der Waals surface area (Å²) in [5.74, 6) is 0.0948. The Morgan fingerprint density at radius 2 is 1.83 bits per heavy atom. The molecule has 2 aromatic heterocycles. The Labute approximate surface area is 170 Å². The lowest BCUT2D eigenvalue weighted by atomic mass is 9.91. The number of nitrogens with zero attached hydrogens (tertiary/aromatic N) is 2. The van der Waals surface area contributed by atoms with Crippen LogP contribution in [0.1, 0.15) is 34.0 Å². The van der Waals surface area contributed by atoms with Crippen LogP contribution in [0, 0.1) is 13.8 Å². The summed E-state index contributed by atoms with van der Waals surface area (Å²) in [5.41, 5.74) is 6.45. The molecule has 0 radical (unpaired) electrons. The van der Waals surface area contributed by atoms with Crippen LogP contribution in [-0.2, 0) is 18.3 Å². The van der Waals surface area contributed by atoms with Crippen LogP contribution in [0.5, 0.6) is 0 Å². The Balaban J connectivity index is 1.57. The fourth-order valence-electron chi connectivity index (χ4n) is 3.99. The van der Waals surface area contributed by atoms with Gasteiger partial charge in [-0.05, 0) is 31.0 Å². The van der Waals surface area contributed by atoms with Gasteiger partial charge in [-0.15, -0.1) is 0 Å². The number of rotatable bonds is 6.